The third-order valence-electron chi connectivity index (χ3n) is 10.2. The minimum absolute atomic E-state index is 0.457. The number of rotatable bonds is 4. The van der Waals surface area contributed by atoms with Crippen molar-refractivity contribution in [2.75, 3.05) is 31.1 Å². The molecule has 0 N–H and O–H groups in total. The van der Waals surface area contributed by atoms with E-state index in [4.69, 9.17) is 6.57 Å². The molecule has 2 aromatic rings. The zero-order valence-corrected chi connectivity index (χ0v) is 21.3. The predicted molar refractivity (Wildman–Crippen MR) is 145 cm³/mol. The highest BCUT2D eigenvalue weighted by molar-refractivity contribution is 5.55. The van der Waals surface area contributed by atoms with Crippen molar-refractivity contribution in [3.05, 3.63) is 71.1 Å². The number of hydrogen-bond donors (Lipinski definition) is 0. The Balaban J connectivity index is 1.12. The van der Waals surface area contributed by atoms with Crippen LogP contribution in [0.3, 0.4) is 0 Å². The number of anilines is 1. The van der Waals surface area contributed by atoms with Crippen molar-refractivity contribution in [1.82, 2.24) is 4.90 Å². The monoisotopic (exact) mass is 467 g/mol. The second-order valence-electron chi connectivity index (χ2n) is 11.7. The van der Waals surface area contributed by atoms with Crippen LogP contribution in [0.15, 0.2) is 48.5 Å². The van der Waals surface area contributed by atoms with Crippen LogP contribution in [-0.4, -0.2) is 37.1 Å². The number of fused-ring (bicyclic) bond motifs is 1. The van der Waals surface area contributed by atoms with Crippen LogP contribution < -0.4 is 4.90 Å². The van der Waals surface area contributed by atoms with Crippen molar-refractivity contribution in [2.45, 2.75) is 82.1 Å². The van der Waals surface area contributed by atoms with E-state index in [1.54, 1.807) is 11.1 Å². The van der Waals surface area contributed by atoms with Crippen LogP contribution >= 0.6 is 0 Å². The van der Waals surface area contributed by atoms with Gasteiger partial charge < -0.3 is 9.80 Å². The number of nitrogens with zero attached hydrogens (tertiary/aromatic N) is 3. The zero-order valence-electron chi connectivity index (χ0n) is 21.3. The summed E-state index contributed by atoms with van der Waals surface area (Å²) in [6, 6.07) is 18.5. The lowest BCUT2D eigenvalue weighted by Gasteiger charge is -2.53. The van der Waals surface area contributed by atoms with Gasteiger partial charge in [0, 0.05) is 30.2 Å². The Hall–Kier alpha value is -2.31. The Morgan fingerprint density at radius 2 is 1.43 bits per heavy atom. The van der Waals surface area contributed by atoms with Crippen molar-refractivity contribution >= 4 is 11.4 Å². The summed E-state index contributed by atoms with van der Waals surface area (Å²) < 4.78 is 0. The van der Waals surface area contributed by atoms with Gasteiger partial charge in [0.2, 0.25) is 0 Å². The van der Waals surface area contributed by atoms with E-state index >= 15 is 0 Å². The maximum absolute atomic E-state index is 7.18. The first-order chi connectivity index (χ1) is 17.3. The van der Waals surface area contributed by atoms with E-state index < -0.39 is 0 Å². The van der Waals surface area contributed by atoms with E-state index in [1.807, 2.05) is 12.1 Å². The fraction of sp³-hybridized carbons (Fsp3) is 0.594. The van der Waals surface area contributed by atoms with E-state index in [2.05, 4.69) is 51.0 Å². The van der Waals surface area contributed by atoms with Gasteiger partial charge in [-0.2, -0.15) is 0 Å². The maximum Gasteiger partial charge on any atom is 0.187 e. The molecule has 2 saturated heterocycles. The molecule has 0 aromatic heterocycles. The van der Waals surface area contributed by atoms with Gasteiger partial charge in [0.25, 0.3) is 0 Å². The highest BCUT2D eigenvalue weighted by Crippen LogP contribution is 2.55. The summed E-state index contributed by atoms with van der Waals surface area (Å²) in [6.07, 6.45) is 15.3. The molecule has 6 rings (SSSR count). The van der Waals surface area contributed by atoms with Gasteiger partial charge in [-0.1, -0.05) is 49.2 Å². The fourth-order valence-electron chi connectivity index (χ4n) is 8.53. The van der Waals surface area contributed by atoms with Gasteiger partial charge in [-0.15, -0.1) is 0 Å². The first kappa shape index (κ1) is 23.1. The molecule has 3 heteroatoms. The topological polar surface area (TPSA) is 10.8 Å². The average Bonchev–Trinajstić information content (AvgIpc) is 3.49. The van der Waals surface area contributed by atoms with Crippen LogP contribution in [-0.2, 0) is 11.8 Å². The molecule has 1 saturated carbocycles. The van der Waals surface area contributed by atoms with E-state index in [-0.39, 0.29) is 0 Å². The van der Waals surface area contributed by atoms with Crippen LogP contribution in [0.4, 0.5) is 11.4 Å². The van der Waals surface area contributed by atoms with Crippen molar-refractivity contribution in [3.63, 3.8) is 0 Å². The van der Waals surface area contributed by atoms with Gasteiger partial charge in [0.05, 0.1) is 6.57 Å². The molecule has 35 heavy (non-hydrogen) atoms. The Labute approximate surface area is 212 Å². The molecular weight excluding hydrogens is 426 g/mol. The molecule has 0 spiro atoms. The summed E-state index contributed by atoms with van der Waals surface area (Å²) in [5.74, 6) is 1.78. The molecule has 3 nitrogen and oxygen atoms in total. The standard InChI is InChI=1S/C32H41N3/c1-33-28-12-14-29(15-13-28)35-23-18-30(19-24-35)34-21-16-27(17-22-34)32(26-9-3-4-10-26)20-6-8-25-7-2-5-11-31(25)32/h2,5,7,11-15,26-27,30H,3-4,6,8-10,16-24H2. The van der Waals surface area contributed by atoms with E-state index in [1.165, 1.54) is 89.4 Å². The lowest BCUT2D eigenvalue weighted by molar-refractivity contribution is 0.0496. The Morgan fingerprint density at radius 1 is 0.743 bits per heavy atom. The summed E-state index contributed by atoms with van der Waals surface area (Å²) in [5, 5.41) is 0. The summed E-state index contributed by atoms with van der Waals surface area (Å²) in [5.41, 5.74) is 5.91. The average molecular weight is 468 g/mol. The van der Waals surface area contributed by atoms with Crippen LogP contribution in [0.5, 0.6) is 0 Å². The second-order valence-corrected chi connectivity index (χ2v) is 11.7. The van der Waals surface area contributed by atoms with E-state index in [0.29, 0.717) is 5.41 Å². The summed E-state index contributed by atoms with van der Waals surface area (Å²) in [7, 11) is 0. The van der Waals surface area contributed by atoms with Crippen molar-refractivity contribution in [1.29, 1.82) is 0 Å². The largest absolute Gasteiger partial charge is 0.371 e. The zero-order chi connectivity index (χ0) is 23.7. The number of likely N-dealkylation sites (tertiary alicyclic amines) is 1. The smallest absolute Gasteiger partial charge is 0.187 e. The van der Waals surface area contributed by atoms with Gasteiger partial charge >= 0.3 is 0 Å². The molecule has 2 aliphatic carbocycles. The third-order valence-corrected chi connectivity index (χ3v) is 10.2. The molecule has 0 radical (unpaired) electrons. The normalized spacial score (nSPS) is 27.0. The van der Waals surface area contributed by atoms with Crippen molar-refractivity contribution in [2.24, 2.45) is 11.8 Å². The van der Waals surface area contributed by atoms with Crippen LogP contribution in [0.2, 0.25) is 0 Å². The van der Waals surface area contributed by atoms with Gasteiger partial charge in [-0.3, -0.25) is 0 Å². The van der Waals surface area contributed by atoms with Gasteiger partial charge in [-0.05, 0) is 106 Å². The third kappa shape index (κ3) is 4.29. The Morgan fingerprint density at radius 3 is 2.14 bits per heavy atom. The summed E-state index contributed by atoms with van der Waals surface area (Å²) in [6.45, 7) is 12.1. The summed E-state index contributed by atoms with van der Waals surface area (Å²) >= 11 is 0. The highest BCUT2D eigenvalue weighted by atomic mass is 15.2. The molecule has 4 aliphatic rings. The number of benzene rings is 2. The predicted octanol–water partition coefficient (Wildman–Crippen LogP) is 7.38. The fourth-order valence-corrected chi connectivity index (χ4v) is 8.53. The molecule has 2 heterocycles. The molecule has 0 bridgehead atoms. The Bertz CT molecular complexity index is 1030. The van der Waals surface area contributed by atoms with Gasteiger partial charge in [0.15, 0.2) is 5.69 Å². The minimum atomic E-state index is 0.457. The molecular formula is C32H41N3. The molecule has 2 aliphatic heterocycles. The number of hydrogen-bond acceptors (Lipinski definition) is 2. The second kappa shape index (κ2) is 9.98. The molecule has 2 aromatic carbocycles. The van der Waals surface area contributed by atoms with Gasteiger partial charge in [-0.25, -0.2) is 4.85 Å². The molecule has 3 fully saturated rings. The molecule has 0 amide bonds. The van der Waals surface area contributed by atoms with Gasteiger partial charge in [0.1, 0.15) is 0 Å². The first-order valence-electron chi connectivity index (χ1n) is 14.3. The molecule has 1 atom stereocenters. The quantitative estimate of drug-likeness (QED) is 0.434. The molecule has 184 valence electrons. The van der Waals surface area contributed by atoms with E-state index in [0.717, 1.165) is 36.7 Å². The first-order valence-corrected chi connectivity index (χ1v) is 14.3. The number of aryl methyl sites for hydroxylation is 1. The van der Waals surface area contributed by atoms with Crippen molar-refractivity contribution < 1.29 is 0 Å². The van der Waals surface area contributed by atoms with Crippen LogP contribution in [0, 0.1) is 18.4 Å². The van der Waals surface area contributed by atoms with Crippen LogP contribution in [0.1, 0.15) is 75.3 Å². The SMILES string of the molecule is [C-]#[N+]c1ccc(N2CCC(N3CCC(C4(C5CCCC5)CCCc5ccccc54)CC3)CC2)cc1. The minimum Gasteiger partial charge on any atom is -0.371 e. The molecule has 1 unspecified atom stereocenters. The lowest BCUT2D eigenvalue weighted by Crippen LogP contribution is -2.52. The lowest BCUT2D eigenvalue weighted by atomic mass is 9.54. The number of piperidine rings is 2. The van der Waals surface area contributed by atoms with Crippen molar-refractivity contribution in [3.8, 4) is 0 Å². The Kier molecular flexibility index (Phi) is 6.59. The summed E-state index contributed by atoms with van der Waals surface area (Å²) in [4.78, 5) is 8.91. The maximum atomic E-state index is 7.18. The van der Waals surface area contributed by atoms with Crippen LogP contribution in [0.25, 0.3) is 4.85 Å². The highest BCUT2D eigenvalue weighted by Gasteiger charge is 2.49. The van der Waals surface area contributed by atoms with E-state index in [9.17, 15) is 0 Å².